The molecule has 2 N–H and O–H groups in total. The molecule has 1 saturated carbocycles. The van der Waals surface area contributed by atoms with Gasteiger partial charge >= 0.3 is 0 Å². The lowest BCUT2D eigenvalue weighted by atomic mass is 10.0. The van der Waals surface area contributed by atoms with E-state index in [1.807, 2.05) is 0 Å². The number of H-pyrrole nitrogens is 1. The second-order valence-electron chi connectivity index (χ2n) is 5.66. The zero-order valence-corrected chi connectivity index (χ0v) is 10.5. The lowest BCUT2D eigenvalue weighted by molar-refractivity contribution is 0.0937. The first-order valence-electron chi connectivity index (χ1n) is 5.63. The molecule has 0 unspecified atom stereocenters. The van der Waals surface area contributed by atoms with Gasteiger partial charge in [-0.05, 0) is 16.9 Å². The molecule has 0 radical (unpaired) electrons. The number of hydrogen-bond acceptors (Lipinski definition) is 3. The Balaban J connectivity index is 2.09. The molecule has 92 valence electrons. The van der Waals surface area contributed by atoms with Crippen molar-refractivity contribution in [3.05, 3.63) is 28.2 Å². The molecule has 1 heterocycles. The van der Waals surface area contributed by atoms with Crippen molar-refractivity contribution < 1.29 is 4.79 Å². The third kappa shape index (κ3) is 1.75. The normalized spacial score (nSPS) is 20.9. The summed E-state index contributed by atoms with van der Waals surface area (Å²) in [4.78, 5) is 22.7. The molecule has 2 rings (SSSR count). The predicted molar refractivity (Wildman–Crippen MR) is 63.7 cm³/mol. The molecule has 0 aromatic carbocycles. The van der Waals surface area contributed by atoms with Crippen LogP contribution in [0.4, 0.5) is 0 Å². The summed E-state index contributed by atoms with van der Waals surface area (Å²) in [5.74, 6) is -0.245. The van der Waals surface area contributed by atoms with E-state index in [0.717, 1.165) is 0 Å². The molecule has 1 amide bonds. The van der Waals surface area contributed by atoms with E-state index < -0.39 is 0 Å². The Bertz CT molecular complexity index is 482. The van der Waals surface area contributed by atoms with Gasteiger partial charge < -0.3 is 5.32 Å². The Hall–Kier alpha value is -1.65. The average Bonchev–Trinajstić information content (AvgIpc) is 2.62. The summed E-state index contributed by atoms with van der Waals surface area (Å²) in [5.41, 5.74) is 0.104. The van der Waals surface area contributed by atoms with Gasteiger partial charge in [-0.1, -0.05) is 27.7 Å². The van der Waals surface area contributed by atoms with Crippen LogP contribution in [0.2, 0.25) is 0 Å². The van der Waals surface area contributed by atoms with E-state index in [0.29, 0.717) is 0 Å². The fourth-order valence-electron chi connectivity index (χ4n) is 2.23. The van der Waals surface area contributed by atoms with E-state index in [9.17, 15) is 9.59 Å². The Morgan fingerprint density at radius 2 is 1.88 bits per heavy atom. The maximum Gasteiger partial charge on any atom is 0.271 e. The van der Waals surface area contributed by atoms with Gasteiger partial charge in [-0.3, -0.25) is 9.59 Å². The lowest BCUT2D eigenvalue weighted by Crippen LogP contribution is -2.31. The van der Waals surface area contributed by atoms with Crippen LogP contribution >= 0.6 is 0 Å². The van der Waals surface area contributed by atoms with Crippen LogP contribution in [-0.4, -0.2) is 22.1 Å². The topological polar surface area (TPSA) is 74.8 Å². The van der Waals surface area contributed by atoms with Gasteiger partial charge in [-0.25, -0.2) is 5.10 Å². The standard InChI is InChI=1S/C12H17N3O2/c1-11(2)10(12(11,3)4)13-9(17)7-5-6-8(16)15-14-7/h5-6,10H,1-4H3,(H,13,17)(H,15,16). The molecular weight excluding hydrogens is 218 g/mol. The SMILES string of the molecule is CC1(C)C(NC(=O)c2ccc(=O)[nH]n2)C1(C)C. The number of carbonyl (C=O) groups excluding carboxylic acids is 1. The molecule has 0 spiro atoms. The molecule has 17 heavy (non-hydrogen) atoms. The van der Waals surface area contributed by atoms with Crippen molar-refractivity contribution in [1.82, 2.24) is 15.5 Å². The van der Waals surface area contributed by atoms with Gasteiger partial charge in [0.25, 0.3) is 11.5 Å². The molecule has 1 aromatic rings. The number of amides is 1. The Labute approximate surface area is 99.6 Å². The van der Waals surface area contributed by atoms with Crippen molar-refractivity contribution >= 4 is 5.91 Å². The van der Waals surface area contributed by atoms with E-state index in [-0.39, 0.29) is 34.0 Å². The van der Waals surface area contributed by atoms with E-state index in [1.165, 1.54) is 12.1 Å². The maximum atomic E-state index is 11.9. The van der Waals surface area contributed by atoms with Crippen molar-refractivity contribution in [3.8, 4) is 0 Å². The maximum absolute atomic E-state index is 11.9. The quantitative estimate of drug-likeness (QED) is 0.801. The molecule has 1 aliphatic carbocycles. The third-order valence-corrected chi connectivity index (χ3v) is 4.21. The lowest BCUT2D eigenvalue weighted by Gasteiger charge is -2.05. The molecule has 0 aliphatic heterocycles. The molecule has 0 saturated heterocycles. The first-order valence-corrected chi connectivity index (χ1v) is 5.63. The number of rotatable bonds is 2. The molecule has 5 heteroatoms. The molecule has 0 bridgehead atoms. The second kappa shape index (κ2) is 3.42. The van der Waals surface area contributed by atoms with E-state index in [1.54, 1.807) is 0 Å². The van der Waals surface area contributed by atoms with Crippen molar-refractivity contribution in [3.63, 3.8) is 0 Å². The molecule has 0 atom stereocenters. The fraction of sp³-hybridized carbons (Fsp3) is 0.583. The van der Waals surface area contributed by atoms with Crippen LogP contribution in [0.25, 0.3) is 0 Å². The van der Waals surface area contributed by atoms with Crippen LogP contribution in [0.3, 0.4) is 0 Å². The highest BCUT2D eigenvalue weighted by molar-refractivity contribution is 5.92. The summed E-state index contributed by atoms with van der Waals surface area (Å²) in [6.45, 7) is 8.49. The minimum Gasteiger partial charge on any atom is -0.347 e. The van der Waals surface area contributed by atoms with Crippen molar-refractivity contribution in [2.24, 2.45) is 10.8 Å². The fourth-order valence-corrected chi connectivity index (χ4v) is 2.23. The molecular formula is C12H17N3O2. The highest BCUT2D eigenvalue weighted by Gasteiger charge is 2.65. The smallest absolute Gasteiger partial charge is 0.271 e. The van der Waals surface area contributed by atoms with Gasteiger partial charge in [0.2, 0.25) is 0 Å². The third-order valence-electron chi connectivity index (χ3n) is 4.21. The molecule has 1 aromatic heterocycles. The second-order valence-corrected chi connectivity index (χ2v) is 5.66. The first-order chi connectivity index (χ1) is 7.76. The largest absolute Gasteiger partial charge is 0.347 e. The first kappa shape index (κ1) is 11.8. The summed E-state index contributed by atoms with van der Waals surface area (Å²) in [5, 5.41) is 8.90. The van der Waals surface area contributed by atoms with E-state index >= 15 is 0 Å². The van der Waals surface area contributed by atoms with Gasteiger partial charge in [-0.15, -0.1) is 0 Å². The number of aromatic amines is 1. The van der Waals surface area contributed by atoms with Crippen LogP contribution < -0.4 is 10.9 Å². The Morgan fingerprint density at radius 3 is 2.29 bits per heavy atom. The molecule has 1 aliphatic rings. The highest BCUT2D eigenvalue weighted by Crippen LogP contribution is 2.62. The van der Waals surface area contributed by atoms with E-state index in [4.69, 9.17) is 0 Å². The number of hydrogen-bond donors (Lipinski definition) is 2. The van der Waals surface area contributed by atoms with Crippen molar-refractivity contribution in [2.45, 2.75) is 33.7 Å². The van der Waals surface area contributed by atoms with Crippen LogP contribution in [0.15, 0.2) is 16.9 Å². The number of nitrogens with zero attached hydrogens (tertiary/aromatic N) is 1. The van der Waals surface area contributed by atoms with Gasteiger partial charge in [0.05, 0.1) is 0 Å². The van der Waals surface area contributed by atoms with Crippen molar-refractivity contribution in [1.29, 1.82) is 0 Å². The summed E-state index contributed by atoms with van der Waals surface area (Å²) < 4.78 is 0. The molecule has 1 fully saturated rings. The highest BCUT2D eigenvalue weighted by atomic mass is 16.2. The number of nitrogens with one attached hydrogen (secondary N) is 2. The summed E-state index contributed by atoms with van der Waals surface area (Å²) in [6.07, 6.45) is 0. The van der Waals surface area contributed by atoms with E-state index in [2.05, 4.69) is 43.2 Å². The minimum atomic E-state index is -0.311. The van der Waals surface area contributed by atoms with Crippen LogP contribution in [-0.2, 0) is 0 Å². The van der Waals surface area contributed by atoms with Crippen LogP contribution in [0, 0.1) is 10.8 Å². The predicted octanol–water partition coefficient (Wildman–Crippen LogP) is 0.934. The van der Waals surface area contributed by atoms with Crippen LogP contribution in [0.5, 0.6) is 0 Å². The summed E-state index contributed by atoms with van der Waals surface area (Å²) in [6, 6.07) is 2.86. The van der Waals surface area contributed by atoms with Gasteiger partial charge in [-0.2, -0.15) is 5.10 Å². The van der Waals surface area contributed by atoms with Crippen LogP contribution in [0.1, 0.15) is 38.2 Å². The minimum absolute atomic E-state index is 0.0881. The van der Waals surface area contributed by atoms with Gasteiger partial charge in [0.1, 0.15) is 5.69 Å². The Kier molecular flexibility index (Phi) is 2.38. The number of aromatic nitrogens is 2. The van der Waals surface area contributed by atoms with Gasteiger partial charge in [0, 0.05) is 12.1 Å². The summed E-state index contributed by atoms with van der Waals surface area (Å²) >= 11 is 0. The Morgan fingerprint density at radius 1 is 1.29 bits per heavy atom. The zero-order valence-electron chi connectivity index (χ0n) is 10.5. The summed E-state index contributed by atoms with van der Waals surface area (Å²) in [7, 11) is 0. The van der Waals surface area contributed by atoms with Crippen molar-refractivity contribution in [2.75, 3.05) is 0 Å². The average molecular weight is 235 g/mol. The van der Waals surface area contributed by atoms with Gasteiger partial charge in [0.15, 0.2) is 0 Å². The molecule has 5 nitrogen and oxygen atoms in total. The zero-order chi connectivity index (χ0) is 12.8. The number of carbonyl (C=O) groups is 1. The monoisotopic (exact) mass is 235 g/mol.